The van der Waals surface area contributed by atoms with E-state index in [1.807, 2.05) is 6.20 Å². The number of rotatable bonds is 8. The summed E-state index contributed by atoms with van der Waals surface area (Å²) >= 11 is 1.75. The van der Waals surface area contributed by atoms with Crippen LogP contribution in [0.1, 0.15) is 23.2 Å². The SMILES string of the molecule is CCNC(=NCCCOC)NCCc1ncc(C)s1. The number of aliphatic imine (C=N–C) groups is 1. The van der Waals surface area contributed by atoms with E-state index in [2.05, 4.69) is 34.5 Å². The first-order valence-electron chi connectivity index (χ1n) is 6.68. The second-order valence-corrected chi connectivity index (χ2v) is 5.47. The van der Waals surface area contributed by atoms with Crippen molar-refractivity contribution in [2.75, 3.05) is 33.4 Å². The molecule has 1 aromatic rings. The van der Waals surface area contributed by atoms with Crippen molar-refractivity contribution in [2.24, 2.45) is 4.99 Å². The normalized spacial score (nSPS) is 11.6. The summed E-state index contributed by atoms with van der Waals surface area (Å²) in [6, 6.07) is 0. The number of thiazole rings is 1. The molecule has 2 N–H and O–H groups in total. The maximum Gasteiger partial charge on any atom is 0.191 e. The molecule has 108 valence electrons. The van der Waals surface area contributed by atoms with Crippen LogP contribution in [0.4, 0.5) is 0 Å². The van der Waals surface area contributed by atoms with Crippen molar-refractivity contribution in [2.45, 2.75) is 26.7 Å². The zero-order valence-corrected chi connectivity index (χ0v) is 12.8. The summed E-state index contributed by atoms with van der Waals surface area (Å²) in [5, 5.41) is 7.72. The van der Waals surface area contributed by atoms with Crippen LogP contribution in [0.3, 0.4) is 0 Å². The van der Waals surface area contributed by atoms with E-state index in [1.54, 1.807) is 18.4 Å². The van der Waals surface area contributed by atoms with Crippen LogP contribution in [0.15, 0.2) is 11.2 Å². The van der Waals surface area contributed by atoms with Crippen molar-refractivity contribution in [3.05, 3.63) is 16.1 Å². The Kier molecular flexibility index (Phi) is 8.16. The maximum absolute atomic E-state index is 5.01. The molecule has 0 radical (unpaired) electrons. The predicted molar refractivity (Wildman–Crippen MR) is 81.0 cm³/mol. The quantitative estimate of drug-likeness (QED) is 0.432. The van der Waals surface area contributed by atoms with Gasteiger partial charge in [0.1, 0.15) is 0 Å². The first kappa shape index (κ1) is 15.9. The van der Waals surface area contributed by atoms with Gasteiger partial charge in [0.25, 0.3) is 0 Å². The van der Waals surface area contributed by atoms with Crippen molar-refractivity contribution in [1.29, 1.82) is 0 Å². The second-order valence-electron chi connectivity index (χ2n) is 4.15. The van der Waals surface area contributed by atoms with Gasteiger partial charge in [-0.25, -0.2) is 4.98 Å². The molecule has 0 saturated carbocycles. The molecule has 1 rings (SSSR count). The number of aryl methyl sites for hydroxylation is 1. The number of aromatic nitrogens is 1. The van der Waals surface area contributed by atoms with Crippen molar-refractivity contribution in [3.63, 3.8) is 0 Å². The summed E-state index contributed by atoms with van der Waals surface area (Å²) < 4.78 is 5.01. The molecular weight excluding hydrogens is 260 g/mol. The topological polar surface area (TPSA) is 58.5 Å². The molecule has 1 heterocycles. The summed E-state index contributed by atoms with van der Waals surface area (Å²) in [6.45, 7) is 7.39. The highest BCUT2D eigenvalue weighted by Gasteiger charge is 2.00. The monoisotopic (exact) mass is 284 g/mol. The Bertz CT molecular complexity index is 378. The fourth-order valence-electron chi connectivity index (χ4n) is 1.55. The second kappa shape index (κ2) is 9.75. The van der Waals surface area contributed by atoms with Crippen LogP contribution in [0.2, 0.25) is 0 Å². The Morgan fingerprint density at radius 1 is 1.47 bits per heavy atom. The third kappa shape index (κ3) is 7.12. The number of guanidine groups is 1. The minimum Gasteiger partial charge on any atom is -0.385 e. The highest BCUT2D eigenvalue weighted by molar-refractivity contribution is 7.11. The third-order valence-electron chi connectivity index (χ3n) is 2.42. The van der Waals surface area contributed by atoms with Crippen LogP contribution >= 0.6 is 11.3 Å². The molecule has 19 heavy (non-hydrogen) atoms. The van der Waals surface area contributed by atoms with Gasteiger partial charge >= 0.3 is 0 Å². The van der Waals surface area contributed by atoms with E-state index in [0.717, 1.165) is 45.0 Å². The number of hydrogen-bond acceptors (Lipinski definition) is 4. The molecule has 0 bridgehead atoms. The summed E-state index contributed by atoms with van der Waals surface area (Å²) in [6.07, 6.45) is 3.80. The average Bonchev–Trinajstić information content (AvgIpc) is 2.80. The van der Waals surface area contributed by atoms with Gasteiger partial charge < -0.3 is 15.4 Å². The van der Waals surface area contributed by atoms with Crippen LogP contribution in [0.5, 0.6) is 0 Å². The number of nitrogens with zero attached hydrogens (tertiary/aromatic N) is 2. The summed E-state index contributed by atoms with van der Waals surface area (Å²) in [5.74, 6) is 0.867. The minimum atomic E-state index is 0.751. The summed E-state index contributed by atoms with van der Waals surface area (Å²) in [7, 11) is 1.71. The van der Waals surface area contributed by atoms with Crippen LogP contribution in [0, 0.1) is 6.92 Å². The Hall–Kier alpha value is -1.14. The van der Waals surface area contributed by atoms with E-state index in [-0.39, 0.29) is 0 Å². The first-order valence-corrected chi connectivity index (χ1v) is 7.50. The van der Waals surface area contributed by atoms with Crippen molar-refractivity contribution in [3.8, 4) is 0 Å². The van der Waals surface area contributed by atoms with E-state index < -0.39 is 0 Å². The van der Waals surface area contributed by atoms with Gasteiger partial charge in [-0.15, -0.1) is 11.3 Å². The lowest BCUT2D eigenvalue weighted by molar-refractivity contribution is 0.197. The lowest BCUT2D eigenvalue weighted by atomic mass is 10.4. The molecule has 0 aliphatic heterocycles. The first-order chi connectivity index (χ1) is 9.26. The van der Waals surface area contributed by atoms with Crippen LogP contribution < -0.4 is 10.6 Å². The Labute approximate surface area is 119 Å². The maximum atomic E-state index is 5.01. The summed E-state index contributed by atoms with van der Waals surface area (Å²) in [4.78, 5) is 10.1. The molecule has 0 aromatic carbocycles. The van der Waals surface area contributed by atoms with Crippen LogP contribution in [-0.2, 0) is 11.2 Å². The fraction of sp³-hybridized carbons (Fsp3) is 0.692. The van der Waals surface area contributed by atoms with Crippen LogP contribution in [0.25, 0.3) is 0 Å². The minimum absolute atomic E-state index is 0.751. The molecule has 0 unspecified atom stereocenters. The van der Waals surface area contributed by atoms with Crippen LogP contribution in [-0.4, -0.2) is 44.3 Å². The molecule has 5 nitrogen and oxygen atoms in total. The van der Waals surface area contributed by atoms with E-state index in [9.17, 15) is 0 Å². The van der Waals surface area contributed by atoms with Gasteiger partial charge in [0.2, 0.25) is 0 Å². The Morgan fingerprint density at radius 3 is 2.95 bits per heavy atom. The molecule has 0 aliphatic rings. The molecular formula is C13H24N4OS. The van der Waals surface area contributed by atoms with Gasteiger partial charge in [-0.05, 0) is 20.3 Å². The average molecular weight is 284 g/mol. The van der Waals surface area contributed by atoms with E-state index in [1.165, 1.54) is 9.88 Å². The van der Waals surface area contributed by atoms with Crippen molar-refractivity contribution >= 4 is 17.3 Å². The Morgan fingerprint density at radius 2 is 2.32 bits per heavy atom. The zero-order chi connectivity index (χ0) is 13.9. The molecule has 1 aromatic heterocycles. The van der Waals surface area contributed by atoms with Crippen molar-refractivity contribution < 1.29 is 4.74 Å². The van der Waals surface area contributed by atoms with Crippen molar-refractivity contribution in [1.82, 2.24) is 15.6 Å². The molecule has 0 amide bonds. The number of ether oxygens (including phenoxy) is 1. The van der Waals surface area contributed by atoms with Gasteiger partial charge in [0.15, 0.2) is 5.96 Å². The molecule has 6 heteroatoms. The van der Waals surface area contributed by atoms with E-state index in [0.29, 0.717) is 0 Å². The highest BCUT2D eigenvalue weighted by atomic mass is 32.1. The fourth-order valence-corrected chi connectivity index (χ4v) is 2.33. The molecule has 0 atom stereocenters. The molecule has 0 aliphatic carbocycles. The Balaban J connectivity index is 2.28. The number of nitrogens with one attached hydrogen (secondary N) is 2. The highest BCUT2D eigenvalue weighted by Crippen LogP contribution is 2.10. The molecule has 0 saturated heterocycles. The van der Waals surface area contributed by atoms with Gasteiger partial charge in [0.05, 0.1) is 5.01 Å². The largest absolute Gasteiger partial charge is 0.385 e. The number of hydrogen-bond donors (Lipinski definition) is 2. The van der Waals surface area contributed by atoms with E-state index >= 15 is 0 Å². The van der Waals surface area contributed by atoms with Gasteiger partial charge in [0, 0.05) is 50.8 Å². The van der Waals surface area contributed by atoms with Gasteiger partial charge in [-0.2, -0.15) is 0 Å². The van der Waals surface area contributed by atoms with Gasteiger partial charge in [-0.3, -0.25) is 4.99 Å². The predicted octanol–water partition coefficient (Wildman–Crippen LogP) is 1.59. The lowest BCUT2D eigenvalue weighted by Crippen LogP contribution is -2.38. The standard InChI is InChI=1S/C13H24N4OS/c1-4-14-13(15-7-5-9-18-3)16-8-6-12-17-10-11(2)19-12/h10H,4-9H2,1-3H3,(H2,14,15,16). The van der Waals surface area contributed by atoms with E-state index in [4.69, 9.17) is 4.74 Å². The molecule has 0 fully saturated rings. The number of methoxy groups -OCH3 is 1. The smallest absolute Gasteiger partial charge is 0.191 e. The molecule has 0 spiro atoms. The summed E-state index contributed by atoms with van der Waals surface area (Å²) in [5.41, 5.74) is 0. The van der Waals surface area contributed by atoms with Gasteiger partial charge in [-0.1, -0.05) is 0 Å². The third-order valence-corrected chi connectivity index (χ3v) is 3.39. The zero-order valence-electron chi connectivity index (χ0n) is 12.0. The lowest BCUT2D eigenvalue weighted by Gasteiger charge is -2.10.